The van der Waals surface area contributed by atoms with E-state index < -0.39 is 5.97 Å². The van der Waals surface area contributed by atoms with E-state index in [1.807, 2.05) is 0 Å². The molecular formula is C18H20N4O4. The van der Waals surface area contributed by atoms with Gasteiger partial charge in [0.25, 0.3) is 5.91 Å². The van der Waals surface area contributed by atoms with Gasteiger partial charge in [-0.3, -0.25) is 4.79 Å². The number of esters is 1. The van der Waals surface area contributed by atoms with Gasteiger partial charge in [0, 0.05) is 25.5 Å². The van der Waals surface area contributed by atoms with Crippen LogP contribution in [0.1, 0.15) is 33.6 Å². The first-order valence-electron chi connectivity index (χ1n) is 8.33. The van der Waals surface area contributed by atoms with Gasteiger partial charge in [-0.1, -0.05) is 12.1 Å². The van der Waals surface area contributed by atoms with Crippen LogP contribution < -0.4 is 10.6 Å². The standard InChI is InChI=1S/C18H20N4O4/c1-25-17(24)14-6-2-3-7-15(14)22-18-20-9-12(10-21-18)16(23)19-11-13-5-4-8-26-13/h2-3,6-7,9-10,13H,4-5,8,11H2,1H3,(H,19,23)(H,20,21,22). The van der Waals surface area contributed by atoms with E-state index in [1.165, 1.54) is 19.5 Å². The van der Waals surface area contributed by atoms with E-state index in [4.69, 9.17) is 9.47 Å². The minimum Gasteiger partial charge on any atom is -0.465 e. The highest BCUT2D eigenvalue weighted by molar-refractivity contribution is 5.96. The first-order valence-corrected chi connectivity index (χ1v) is 8.33. The summed E-state index contributed by atoms with van der Waals surface area (Å²) in [4.78, 5) is 32.2. The summed E-state index contributed by atoms with van der Waals surface area (Å²) in [5.74, 6) is -0.433. The van der Waals surface area contributed by atoms with E-state index in [-0.39, 0.29) is 18.0 Å². The molecule has 0 bridgehead atoms. The molecule has 1 aliphatic rings. The molecule has 2 heterocycles. The fraction of sp³-hybridized carbons (Fsp3) is 0.333. The van der Waals surface area contributed by atoms with E-state index in [9.17, 15) is 9.59 Å². The van der Waals surface area contributed by atoms with Crippen molar-refractivity contribution in [2.45, 2.75) is 18.9 Å². The second kappa shape index (κ2) is 8.39. The third kappa shape index (κ3) is 4.34. The van der Waals surface area contributed by atoms with Crippen LogP contribution in [0.25, 0.3) is 0 Å². The number of hydrogen-bond acceptors (Lipinski definition) is 7. The van der Waals surface area contributed by atoms with Crippen LogP contribution in [0, 0.1) is 0 Å². The van der Waals surface area contributed by atoms with Crippen LogP contribution in [-0.4, -0.2) is 48.2 Å². The van der Waals surface area contributed by atoms with E-state index in [0.717, 1.165) is 19.4 Å². The summed E-state index contributed by atoms with van der Waals surface area (Å²) >= 11 is 0. The Morgan fingerprint density at radius 3 is 2.73 bits per heavy atom. The number of nitrogens with zero attached hydrogens (tertiary/aromatic N) is 2. The highest BCUT2D eigenvalue weighted by Gasteiger charge is 2.17. The Morgan fingerprint density at radius 1 is 1.27 bits per heavy atom. The molecule has 1 aliphatic heterocycles. The van der Waals surface area contributed by atoms with Gasteiger partial charge in [0.1, 0.15) is 0 Å². The maximum atomic E-state index is 12.1. The number of carbonyl (C=O) groups is 2. The van der Waals surface area contributed by atoms with Crippen LogP contribution in [0.4, 0.5) is 11.6 Å². The normalized spacial score (nSPS) is 16.1. The van der Waals surface area contributed by atoms with Gasteiger partial charge in [-0.05, 0) is 25.0 Å². The Balaban J connectivity index is 1.63. The Morgan fingerprint density at radius 2 is 2.04 bits per heavy atom. The molecule has 1 amide bonds. The zero-order valence-electron chi connectivity index (χ0n) is 14.4. The van der Waals surface area contributed by atoms with Crippen LogP contribution in [-0.2, 0) is 9.47 Å². The second-order valence-corrected chi connectivity index (χ2v) is 5.80. The van der Waals surface area contributed by atoms with Crippen LogP contribution in [0.2, 0.25) is 0 Å². The average molecular weight is 356 g/mol. The SMILES string of the molecule is COC(=O)c1ccccc1Nc1ncc(C(=O)NCC2CCCO2)cn1. The maximum absolute atomic E-state index is 12.1. The molecule has 1 aromatic carbocycles. The van der Waals surface area contributed by atoms with E-state index in [1.54, 1.807) is 24.3 Å². The van der Waals surface area contributed by atoms with Gasteiger partial charge in [-0.2, -0.15) is 0 Å². The number of amides is 1. The quantitative estimate of drug-likeness (QED) is 0.762. The Labute approximate surface area is 150 Å². The van der Waals surface area contributed by atoms with Crippen molar-refractivity contribution in [1.82, 2.24) is 15.3 Å². The molecule has 8 nitrogen and oxygen atoms in total. The summed E-state index contributed by atoms with van der Waals surface area (Å²) in [5, 5.41) is 5.77. The molecule has 136 valence electrons. The smallest absolute Gasteiger partial charge is 0.339 e. The molecule has 0 radical (unpaired) electrons. The van der Waals surface area contributed by atoms with Gasteiger partial charge in [-0.15, -0.1) is 0 Å². The average Bonchev–Trinajstić information content (AvgIpc) is 3.20. The monoisotopic (exact) mass is 356 g/mol. The maximum Gasteiger partial charge on any atom is 0.339 e. The molecule has 2 N–H and O–H groups in total. The lowest BCUT2D eigenvalue weighted by molar-refractivity contribution is 0.0601. The van der Waals surface area contributed by atoms with Gasteiger partial charge < -0.3 is 20.1 Å². The largest absolute Gasteiger partial charge is 0.465 e. The van der Waals surface area contributed by atoms with Gasteiger partial charge in [0.05, 0.1) is 30.0 Å². The lowest BCUT2D eigenvalue weighted by Crippen LogP contribution is -2.31. The second-order valence-electron chi connectivity index (χ2n) is 5.80. The number of anilines is 2. The van der Waals surface area contributed by atoms with Crippen molar-refractivity contribution in [3.05, 3.63) is 47.8 Å². The zero-order valence-corrected chi connectivity index (χ0v) is 14.4. The van der Waals surface area contributed by atoms with Gasteiger partial charge in [-0.25, -0.2) is 14.8 Å². The first-order chi connectivity index (χ1) is 12.7. The molecule has 1 atom stereocenters. The van der Waals surface area contributed by atoms with Crippen LogP contribution in [0.5, 0.6) is 0 Å². The molecule has 26 heavy (non-hydrogen) atoms. The summed E-state index contributed by atoms with van der Waals surface area (Å²) in [5.41, 5.74) is 1.25. The van der Waals surface area contributed by atoms with Crippen molar-refractivity contribution in [2.24, 2.45) is 0 Å². The van der Waals surface area contributed by atoms with Crippen molar-refractivity contribution in [3.63, 3.8) is 0 Å². The lowest BCUT2D eigenvalue weighted by atomic mass is 10.2. The fourth-order valence-corrected chi connectivity index (χ4v) is 2.62. The van der Waals surface area contributed by atoms with E-state index >= 15 is 0 Å². The zero-order chi connectivity index (χ0) is 18.4. The number of para-hydroxylation sites is 1. The summed E-state index contributed by atoms with van der Waals surface area (Å²) < 4.78 is 10.2. The third-order valence-electron chi connectivity index (χ3n) is 4.01. The molecule has 8 heteroatoms. The van der Waals surface area contributed by atoms with Crippen molar-refractivity contribution >= 4 is 23.5 Å². The van der Waals surface area contributed by atoms with Crippen LogP contribution in [0.3, 0.4) is 0 Å². The first kappa shape index (κ1) is 17.8. The van der Waals surface area contributed by atoms with E-state index in [0.29, 0.717) is 23.4 Å². The van der Waals surface area contributed by atoms with Crippen molar-refractivity contribution < 1.29 is 19.1 Å². The lowest BCUT2D eigenvalue weighted by Gasteiger charge is -2.11. The molecule has 1 unspecified atom stereocenters. The van der Waals surface area contributed by atoms with Crippen molar-refractivity contribution in [2.75, 3.05) is 25.6 Å². The fourth-order valence-electron chi connectivity index (χ4n) is 2.62. The molecule has 0 saturated carbocycles. The van der Waals surface area contributed by atoms with Gasteiger partial charge in [0.15, 0.2) is 0 Å². The molecule has 3 rings (SSSR count). The predicted octanol–water partition coefficient (Wildman–Crippen LogP) is 1.92. The molecule has 1 fully saturated rings. The van der Waals surface area contributed by atoms with E-state index in [2.05, 4.69) is 20.6 Å². The summed E-state index contributed by atoms with van der Waals surface area (Å²) in [6.45, 7) is 1.22. The number of hydrogen-bond donors (Lipinski definition) is 2. The van der Waals surface area contributed by atoms with Crippen molar-refractivity contribution in [3.8, 4) is 0 Å². The minimum absolute atomic E-state index is 0.0793. The molecule has 0 aliphatic carbocycles. The van der Waals surface area contributed by atoms with Crippen molar-refractivity contribution in [1.29, 1.82) is 0 Å². The number of carbonyl (C=O) groups excluding carboxylic acids is 2. The van der Waals surface area contributed by atoms with Crippen LogP contribution in [0.15, 0.2) is 36.7 Å². The molecule has 1 aromatic heterocycles. The molecule has 1 saturated heterocycles. The Bertz CT molecular complexity index is 773. The number of benzene rings is 1. The molecular weight excluding hydrogens is 336 g/mol. The van der Waals surface area contributed by atoms with Gasteiger partial charge >= 0.3 is 5.97 Å². The topological polar surface area (TPSA) is 102 Å². The summed E-state index contributed by atoms with van der Waals surface area (Å²) in [6.07, 6.45) is 4.92. The minimum atomic E-state index is -0.460. The Kier molecular flexibility index (Phi) is 5.75. The molecule has 0 spiro atoms. The predicted molar refractivity (Wildman–Crippen MR) is 94.4 cm³/mol. The number of aromatic nitrogens is 2. The summed E-state index contributed by atoms with van der Waals surface area (Å²) in [7, 11) is 1.32. The summed E-state index contributed by atoms with van der Waals surface area (Å²) in [6, 6.07) is 6.88. The number of rotatable bonds is 6. The molecule has 2 aromatic rings. The van der Waals surface area contributed by atoms with Crippen LogP contribution >= 0.6 is 0 Å². The van der Waals surface area contributed by atoms with Gasteiger partial charge in [0.2, 0.25) is 5.95 Å². The highest BCUT2D eigenvalue weighted by Crippen LogP contribution is 2.19. The number of ether oxygens (including phenoxy) is 2. The highest BCUT2D eigenvalue weighted by atomic mass is 16.5. The number of methoxy groups -OCH3 is 1. The Hall–Kier alpha value is -3.00. The number of nitrogens with one attached hydrogen (secondary N) is 2. The third-order valence-corrected chi connectivity index (χ3v) is 4.01.